The lowest BCUT2D eigenvalue weighted by Crippen LogP contribution is -2.40. The van der Waals surface area contributed by atoms with E-state index in [-0.39, 0.29) is 18.7 Å². The van der Waals surface area contributed by atoms with Gasteiger partial charge in [0.2, 0.25) is 0 Å². The molecule has 6 heteroatoms. The quantitative estimate of drug-likeness (QED) is 0.775. The molecule has 0 unspecified atom stereocenters. The summed E-state index contributed by atoms with van der Waals surface area (Å²) in [6, 6.07) is 5.18. The Morgan fingerprint density at radius 1 is 1.56 bits per heavy atom. The van der Waals surface area contributed by atoms with Crippen molar-refractivity contribution >= 4 is 33.6 Å². The van der Waals surface area contributed by atoms with E-state index < -0.39 is 0 Å². The number of benzene rings is 1. The average Bonchev–Trinajstić information content (AvgIpc) is 2.28. The molecule has 0 spiro atoms. The summed E-state index contributed by atoms with van der Waals surface area (Å²) >= 11 is 9.35. The van der Waals surface area contributed by atoms with E-state index in [0.717, 1.165) is 10.0 Å². The molecule has 0 fully saturated rings. The molecule has 1 rings (SSSR count). The van der Waals surface area contributed by atoms with Crippen LogP contribution >= 0.6 is 27.5 Å². The number of amides is 2. The van der Waals surface area contributed by atoms with Gasteiger partial charge in [0.15, 0.2) is 0 Å². The number of rotatable bonds is 5. The minimum atomic E-state index is -0.269. The third-order valence-electron chi connectivity index (χ3n) is 2.39. The van der Waals surface area contributed by atoms with E-state index >= 15 is 0 Å². The van der Waals surface area contributed by atoms with E-state index in [0.29, 0.717) is 18.0 Å². The summed E-state index contributed by atoms with van der Waals surface area (Å²) in [5.74, 6) is 0. The Morgan fingerprint density at radius 2 is 2.28 bits per heavy atom. The van der Waals surface area contributed by atoms with Crippen molar-refractivity contribution in [3.8, 4) is 0 Å². The lowest BCUT2D eigenvalue weighted by molar-refractivity contribution is 0.230. The minimum absolute atomic E-state index is 0.0555. The number of aliphatic hydroxyl groups excluding tert-OH is 1. The van der Waals surface area contributed by atoms with Crippen molar-refractivity contribution in [2.45, 2.75) is 25.9 Å². The summed E-state index contributed by atoms with van der Waals surface area (Å²) in [5, 5.41) is 14.8. The fourth-order valence-corrected chi connectivity index (χ4v) is 2.12. The van der Waals surface area contributed by atoms with Gasteiger partial charge in [-0.05, 0) is 31.0 Å². The van der Waals surface area contributed by atoms with Gasteiger partial charge in [-0.3, -0.25) is 0 Å². The zero-order valence-corrected chi connectivity index (χ0v) is 12.4. The minimum Gasteiger partial charge on any atom is -0.396 e. The van der Waals surface area contributed by atoms with E-state index in [9.17, 15) is 4.79 Å². The monoisotopic (exact) mass is 334 g/mol. The van der Waals surface area contributed by atoms with Crippen molar-refractivity contribution in [3.05, 3.63) is 33.3 Å². The molecular weight excluding hydrogens is 320 g/mol. The van der Waals surface area contributed by atoms with Crippen LogP contribution in [0.1, 0.15) is 18.9 Å². The van der Waals surface area contributed by atoms with Gasteiger partial charge in [0.05, 0.1) is 0 Å². The molecule has 0 heterocycles. The van der Waals surface area contributed by atoms with Crippen LogP contribution in [0.3, 0.4) is 0 Å². The highest BCUT2D eigenvalue weighted by molar-refractivity contribution is 9.10. The molecule has 0 radical (unpaired) electrons. The number of carbonyl (C=O) groups excluding carboxylic acids is 1. The van der Waals surface area contributed by atoms with Crippen molar-refractivity contribution in [1.29, 1.82) is 0 Å². The molecular formula is C12H16BrClN2O2. The highest BCUT2D eigenvalue weighted by Crippen LogP contribution is 2.21. The van der Waals surface area contributed by atoms with Gasteiger partial charge >= 0.3 is 6.03 Å². The van der Waals surface area contributed by atoms with Gasteiger partial charge in [0, 0.05) is 28.7 Å². The number of hydrogen-bond donors (Lipinski definition) is 3. The van der Waals surface area contributed by atoms with Crippen molar-refractivity contribution in [3.63, 3.8) is 0 Å². The predicted octanol–water partition coefficient (Wildman–Crippen LogP) is 2.67. The number of halogens is 2. The summed E-state index contributed by atoms with van der Waals surface area (Å²) in [6.07, 6.45) is 0.534. The summed E-state index contributed by atoms with van der Waals surface area (Å²) in [6.45, 7) is 2.26. The first kappa shape index (κ1) is 15.3. The summed E-state index contributed by atoms with van der Waals surface area (Å²) in [7, 11) is 0. The van der Waals surface area contributed by atoms with Gasteiger partial charge in [0.1, 0.15) is 0 Å². The van der Waals surface area contributed by atoms with Crippen LogP contribution in [-0.2, 0) is 6.54 Å². The molecule has 0 aliphatic heterocycles. The molecule has 1 atom stereocenters. The van der Waals surface area contributed by atoms with E-state index in [1.165, 1.54) is 0 Å². The molecule has 1 aromatic carbocycles. The zero-order valence-electron chi connectivity index (χ0n) is 10.0. The molecule has 0 aromatic heterocycles. The molecule has 2 amide bonds. The Balaban J connectivity index is 2.42. The second-order valence-electron chi connectivity index (χ2n) is 3.98. The number of carbonyl (C=O) groups is 1. The second-order valence-corrected chi connectivity index (χ2v) is 5.30. The third-order valence-corrected chi connectivity index (χ3v) is 3.24. The lowest BCUT2D eigenvalue weighted by Gasteiger charge is -2.13. The van der Waals surface area contributed by atoms with Crippen LogP contribution in [0.2, 0.25) is 5.02 Å². The molecule has 0 aliphatic rings. The van der Waals surface area contributed by atoms with Crippen LogP contribution < -0.4 is 10.6 Å². The molecule has 100 valence electrons. The molecule has 0 saturated carbocycles. The molecule has 4 nitrogen and oxygen atoms in total. The molecule has 0 bridgehead atoms. The van der Waals surface area contributed by atoms with Crippen LogP contribution in [-0.4, -0.2) is 23.8 Å². The molecule has 0 saturated heterocycles. The number of urea groups is 1. The van der Waals surface area contributed by atoms with Crippen LogP contribution in [0.25, 0.3) is 0 Å². The highest BCUT2D eigenvalue weighted by Gasteiger charge is 2.07. The largest absolute Gasteiger partial charge is 0.396 e. The first-order valence-corrected chi connectivity index (χ1v) is 6.79. The van der Waals surface area contributed by atoms with E-state index in [4.69, 9.17) is 16.7 Å². The molecule has 18 heavy (non-hydrogen) atoms. The number of aliphatic hydroxyl groups is 1. The maximum Gasteiger partial charge on any atom is 0.315 e. The fourth-order valence-electron chi connectivity index (χ4n) is 1.38. The Labute approximate surface area is 120 Å². The third kappa shape index (κ3) is 5.25. The Hall–Kier alpha value is -0.780. The van der Waals surface area contributed by atoms with Crippen LogP contribution in [0.4, 0.5) is 4.79 Å². The van der Waals surface area contributed by atoms with Gasteiger partial charge in [-0.1, -0.05) is 33.6 Å². The zero-order chi connectivity index (χ0) is 13.5. The maximum atomic E-state index is 11.5. The summed E-state index contributed by atoms with van der Waals surface area (Å²) in [5.41, 5.74) is 0.852. The van der Waals surface area contributed by atoms with E-state index in [2.05, 4.69) is 26.6 Å². The smallest absolute Gasteiger partial charge is 0.315 e. The van der Waals surface area contributed by atoms with Crippen molar-refractivity contribution < 1.29 is 9.90 Å². The maximum absolute atomic E-state index is 11.5. The Morgan fingerprint density at radius 3 is 2.89 bits per heavy atom. The van der Waals surface area contributed by atoms with Crippen LogP contribution in [0, 0.1) is 0 Å². The average molecular weight is 336 g/mol. The molecule has 0 aliphatic carbocycles. The standard InChI is InChI=1S/C12H16BrClN2O2/c1-8(4-5-17)16-12(18)15-7-9-2-3-10(13)6-11(9)14/h2-3,6,8,17H,4-5,7H2,1H3,(H2,15,16,18)/t8-/m1/s1. The van der Waals surface area contributed by atoms with Crippen LogP contribution in [0.5, 0.6) is 0 Å². The first-order valence-electron chi connectivity index (χ1n) is 5.62. The SMILES string of the molecule is C[C@H](CCO)NC(=O)NCc1ccc(Br)cc1Cl. The Bertz CT molecular complexity index is 415. The topological polar surface area (TPSA) is 61.4 Å². The van der Waals surface area contributed by atoms with Crippen molar-refractivity contribution in [1.82, 2.24) is 10.6 Å². The number of nitrogens with one attached hydrogen (secondary N) is 2. The van der Waals surface area contributed by atoms with E-state index in [1.807, 2.05) is 19.1 Å². The molecule has 3 N–H and O–H groups in total. The van der Waals surface area contributed by atoms with Gasteiger partial charge < -0.3 is 15.7 Å². The van der Waals surface area contributed by atoms with Crippen molar-refractivity contribution in [2.24, 2.45) is 0 Å². The highest BCUT2D eigenvalue weighted by atomic mass is 79.9. The van der Waals surface area contributed by atoms with Gasteiger partial charge in [-0.2, -0.15) is 0 Å². The lowest BCUT2D eigenvalue weighted by atomic mass is 10.2. The normalized spacial score (nSPS) is 12.0. The molecule has 1 aromatic rings. The van der Waals surface area contributed by atoms with Gasteiger partial charge in [-0.15, -0.1) is 0 Å². The number of hydrogen-bond acceptors (Lipinski definition) is 2. The summed E-state index contributed by atoms with van der Waals surface area (Å²) in [4.78, 5) is 11.5. The van der Waals surface area contributed by atoms with Gasteiger partial charge in [-0.25, -0.2) is 4.79 Å². The van der Waals surface area contributed by atoms with E-state index in [1.54, 1.807) is 6.07 Å². The van der Waals surface area contributed by atoms with Crippen LogP contribution in [0.15, 0.2) is 22.7 Å². The second kappa shape index (κ2) is 7.61. The fraction of sp³-hybridized carbons (Fsp3) is 0.417. The summed E-state index contributed by atoms with van der Waals surface area (Å²) < 4.78 is 0.900. The van der Waals surface area contributed by atoms with Gasteiger partial charge in [0.25, 0.3) is 0 Å². The van der Waals surface area contributed by atoms with Crippen molar-refractivity contribution in [2.75, 3.05) is 6.61 Å². The first-order chi connectivity index (χ1) is 8.52. The Kier molecular flexibility index (Phi) is 6.46. The predicted molar refractivity (Wildman–Crippen MR) is 75.7 cm³/mol.